The quantitative estimate of drug-likeness (QED) is 0.662. The van der Waals surface area contributed by atoms with E-state index in [9.17, 15) is 8.78 Å². The van der Waals surface area contributed by atoms with E-state index in [0.717, 1.165) is 19.3 Å². The second-order valence-corrected chi connectivity index (χ2v) is 5.99. The molecule has 0 bridgehead atoms. The van der Waals surface area contributed by atoms with Crippen LogP contribution in [0.15, 0.2) is 0 Å². The summed E-state index contributed by atoms with van der Waals surface area (Å²) in [5, 5.41) is 0. The molecule has 1 saturated carbocycles. The third-order valence-corrected chi connectivity index (χ3v) is 3.73. The summed E-state index contributed by atoms with van der Waals surface area (Å²) in [7, 11) is 4.06. The molecule has 0 aromatic rings. The Hall–Kier alpha value is -0.220. The van der Waals surface area contributed by atoms with Gasteiger partial charge in [0.2, 0.25) is 0 Å². The van der Waals surface area contributed by atoms with Crippen molar-refractivity contribution in [2.75, 3.05) is 40.3 Å². The molecule has 18 heavy (non-hydrogen) atoms. The number of likely N-dealkylation sites (tertiary alicyclic amines) is 2. The Morgan fingerprint density at radius 1 is 0.889 bits per heavy atom. The van der Waals surface area contributed by atoms with Gasteiger partial charge in [-0.15, -0.1) is 0 Å². The summed E-state index contributed by atoms with van der Waals surface area (Å²) < 4.78 is 23.9. The number of hydrogen-bond acceptors (Lipinski definition) is 2. The molecule has 0 spiro atoms. The van der Waals surface area contributed by atoms with Gasteiger partial charge in [-0.3, -0.25) is 0 Å². The third kappa shape index (κ3) is 6.64. The number of rotatable bonds is 0. The molecule has 0 N–H and O–H groups in total. The Kier molecular flexibility index (Phi) is 7.08. The zero-order valence-corrected chi connectivity index (χ0v) is 12.0. The van der Waals surface area contributed by atoms with Crippen LogP contribution in [0.5, 0.6) is 0 Å². The van der Waals surface area contributed by atoms with Crippen molar-refractivity contribution in [3.05, 3.63) is 0 Å². The molecule has 3 fully saturated rings. The van der Waals surface area contributed by atoms with Crippen LogP contribution < -0.4 is 0 Å². The van der Waals surface area contributed by atoms with Gasteiger partial charge >= 0.3 is 0 Å². The van der Waals surface area contributed by atoms with E-state index in [1.54, 1.807) is 0 Å². The van der Waals surface area contributed by atoms with Gasteiger partial charge in [-0.1, -0.05) is 6.92 Å². The number of halogens is 2. The van der Waals surface area contributed by atoms with E-state index in [1.807, 2.05) is 11.9 Å². The summed E-state index contributed by atoms with van der Waals surface area (Å²) in [6, 6.07) is 0. The predicted molar refractivity (Wildman–Crippen MR) is 72.4 cm³/mol. The Balaban J connectivity index is 0.000000137. The summed E-state index contributed by atoms with van der Waals surface area (Å²) in [5.74, 6) is 0.648. The summed E-state index contributed by atoms with van der Waals surface area (Å²) in [6.45, 7) is 6.03. The maximum atomic E-state index is 12.2. The van der Waals surface area contributed by atoms with E-state index in [2.05, 4.69) is 18.9 Å². The van der Waals surface area contributed by atoms with E-state index in [4.69, 9.17) is 0 Å². The number of hydrogen-bond donors (Lipinski definition) is 0. The Morgan fingerprint density at radius 2 is 1.44 bits per heavy atom. The topological polar surface area (TPSA) is 6.48 Å². The first-order valence-electron chi connectivity index (χ1n) is 7.12. The fourth-order valence-corrected chi connectivity index (χ4v) is 2.23. The molecule has 0 aromatic heterocycles. The standard InChI is InChI=1S/C6H11F.C4H8FN.C4H9N/c1-5-2-3-6(7)4-5;1-6-2-4(5)3-6;1-5-3-2-4-5/h5-6H,2-4H2,1H3;4H,2-3H2,1H3;2-4H2,1H3/t5?,6-;;/m1../s1. The van der Waals surface area contributed by atoms with Gasteiger partial charge in [0.05, 0.1) is 0 Å². The Labute approximate surface area is 110 Å². The highest BCUT2D eigenvalue weighted by Crippen LogP contribution is 2.26. The average Bonchev–Trinajstić information content (AvgIpc) is 2.60. The fraction of sp³-hybridized carbons (Fsp3) is 1.00. The molecule has 1 aliphatic carbocycles. The maximum absolute atomic E-state index is 12.2. The van der Waals surface area contributed by atoms with Crippen LogP contribution in [0.25, 0.3) is 0 Å². The lowest BCUT2D eigenvalue weighted by molar-refractivity contribution is 0.0915. The lowest BCUT2D eigenvalue weighted by Gasteiger charge is -2.29. The van der Waals surface area contributed by atoms with Crippen molar-refractivity contribution in [2.24, 2.45) is 5.92 Å². The lowest BCUT2D eigenvalue weighted by Crippen LogP contribution is -2.45. The van der Waals surface area contributed by atoms with Gasteiger partial charge in [-0.25, -0.2) is 8.78 Å². The maximum Gasteiger partial charge on any atom is 0.125 e. The van der Waals surface area contributed by atoms with Crippen molar-refractivity contribution in [1.82, 2.24) is 9.80 Å². The number of nitrogens with zero attached hydrogens (tertiary/aromatic N) is 2. The lowest BCUT2D eigenvalue weighted by atomic mass is 10.1. The summed E-state index contributed by atoms with van der Waals surface area (Å²) >= 11 is 0. The molecule has 108 valence electrons. The van der Waals surface area contributed by atoms with Crippen LogP contribution in [-0.4, -0.2) is 62.4 Å². The van der Waals surface area contributed by atoms with Gasteiger partial charge in [0, 0.05) is 13.1 Å². The van der Waals surface area contributed by atoms with Crippen LogP contribution in [-0.2, 0) is 0 Å². The summed E-state index contributed by atoms with van der Waals surface area (Å²) in [5.41, 5.74) is 0. The van der Waals surface area contributed by atoms with Gasteiger partial charge in [0.1, 0.15) is 12.3 Å². The molecular formula is C14H28F2N2. The van der Waals surface area contributed by atoms with E-state index < -0.39 is 12.3 Å². The van der Waals surface area contributed by atoms with Gasteiger partial charge in [-0.05, 0) is 58.8 Å². The van der Waals surface area contributed by atoms with E-state index in [1.165, 1.54) is 19.5 Å². The molecule has 0 amide bonds. The zero-order chi connectivity index (χ0) is 13.5. The van der Waals surface area contributed by atoms with Crippen molar-refractivity contribution >= 4 is 0 Å². The SMILES string of the molecule is CC1CC[C@@H](F)C1.CN1CC(F)C1.CN1CCC1. The largest absolute Gasteiger partial charge is 0.306 e. The van der Waals surface area contributed by atoms with E-state index in [-0.39, 0.29) is 0 Å². The van der Waals surface area contributed by atoms with Crippen molar-refractivity contribution in [3.63, 3.8) is 0 Å². The molecule has 1 unspecified atom stereocenters. The molecule has 2 nitrogen and oxygen atoms in total. The first-order valence-corrected chi connectivity index (χ1v) is 7.12. The monoisotopic (exact) mass is 262 g/mol. The van der Waals surface area contributed by atoms with Gasteiger partial charge in [0.25, 0.3) is 0 Å². The van der Waals surface area contributed by atoms with Gasteiger partial charge in [0.15, 0.2) is 0 Å². The predicted octanol–water partition coefficient (Wildman–Crippen LogP) is 2.74. The van der Waals surface area contributed by atoms with Crippen molar-refractivity contribution in [2.45, 2.75) is 45.0 Å². The van der Waals surface area contributed by atoms with Crippen LogP contribution in [0.3, 0.4) is 0 Å². The highest BCUT2D eigenvalue weighted by Gasteiger charge is 2.21. The van der Waals surface area contributed by atoms with Gasteiger partial charge in [-0.2, -0.15) is 0 Å². The first-order chi connectivity index (χ1) is 8.47. The second kappa shape index (κ2) is 8.05. The van der Waals surface area contributed by atoms with E-state index in [0.29, 0.717) is 19.0 Å². The molecule has 3 rings (SSSR count). The summed E-state index contributed by atoms with van der Waals surface area (Å²) in [6.07, 6.45) is 3.11. The van der Waals surface area contributed by atoms with Crippen LogP contribution >= 0.6 is 0 Å². The third-order valence-electron chi connectivity index (χ3n) is 3.73. The van der Waals surface area contributed by atoms with E-state index >= 15 is 0 Å². The highest BCUT2D eigenvalue weighted by atomic mass is 19.1. The molecule has 0 aromatic carbocycles. The summed E-state index contributed by atoms with van der Waals surface area (Å²) in [4.78, 5) is 4.25. The molecule has 4 heteroatoms. The van der Waals surface area contributed by atoms with Crippen molar-refractivity contribution < 1.29 is 8.78 Å². The normalized spacial score (nSPS) is 32.5. The van der Waals surface area contributed by atoms with Crippen LogP contribution in [0.1, 0.15) is 32.6 Å². The van der Waals surface area contributed by atoms with Gasteiger partial charge < -0.3 is 9.80 Å². The van der Waals surface area contributed by atoms with Crippen molar-refractivity contribution in [1.29, 1.82) is 0 Å². The Bertz CT molecular complexity index is 202. The Morgan fingerprint density at radius 3 is 1.50 bits per heavy atom. The minimum absolute atomic E-state index is 0.477. The first kappa shape index (κ1) is 15.8. The average molecular weight is 262 g/mol. The molecule has 2 aliphatic heterocycles. The molecule has 2 heterocycles. The molecule has 2 saturated heterocycles. The highest BCUT2D eigenvalue weighted by molar-refractivity contribution is 4.74. The van der Waals surface area contributed by atoms with Crippen LogP contribution in [0, 0.1) is 5.92 Å². The smallest absolute Gasteiger partial charge is 0.125 e. The zero-order valence-electron chi connectivity index (χ0n) is 12.0. The minimum Gasteiger partial charge on any atom is -0.306 e. The second-order valence-electron chi connectivity index (χ2n) is 5.99. The fourth-order valence-electron chi connectivity index (χ4n) is 2.23. The number of alkyl halides is 2. The molecule has 3 aliphatic rings. The van der Waals surface area contributed by atoms with Crippen LogP contribution in [0.2, 0.25) is 0 Å². The molecule has 0 radical (unpaired) electrons. The minimum atomic E-state index is -0.532. The molecular weight excluding hydrogens is 234 g/mol. The molecule has 2 atom stereocenters. The van der Waals surface area contributed by atoms with Crippen LogP contribution in [0.4, 0.5) is 8.78 Å². The van der Waals surface area contributed by atoms with Crippen molar-refractivity contribution in [3.8, 4) is 0 Å².